The van der Waals surface area contributed by atoms with Crippen LogP contribution in [0.15, 0.2) is 91.6 Å². The van der Waals surface area contributed by atoms with E-state index in [2.05, 4.69) is 15.5 Å². The average molecular weight is 674 g/mol. The Kier molecular flexibility index (Phi) is 7.56. The number of anilines is 4. The minimum Gasteiger partial charge on any atom is -0.399 e. The van der Waals surface area contributed by atoms with E-state index >= 15 is 0 Å². The fourth-order valence-electron chi connectivity index (χ4n) is 4.58. The van der Waals surface area contributed by atoms with Gasteiger partial charge in [-0.05, 0) is 54.6 Å². The van der Waals surface area contributed by atoms with Crippen molar-refractivity contribution in [3.63, 3.8) is 0 Å². The van der Waals surface area contributed by atoms with Crippen molar-refractivity contribution >= 4 is 76.0 Å². The van der Waals surface area contributed by atoms with Crippen molar-refractivity contribution in [2.45, 2.75) is 14.7 Å². The number of carbonyl (C=O) groups is 2. The lowest BCUT2D eigenvalue weighted by Gasteiger charge is -2.24. The summed E-state index contributed by atoms with van der Waals surface area (Å²) in [6, 6.07) is 12.9. The molecular formula is C26H19N5O11S3. The summed E-state index contributed by atoms with van der Waals surface area (Å²) >= 11 is 0. The summed E-state index contributed by atoms with van der Waals surface area (Å²) in [5.74, 6) is -2.13. The fraction of sp³-hybridized carbons (Fsp3) is 0. The molecule has 0 saturated carbocycles. The number of hydrogen-bond donors (Lipinski definition) is 6. The Hall–Kier alpha value is -5.05. The van der Waals surface area contributed by atoms with E-state index in [4.69, 9.17) is 11.5 Å². The topological polar surface area (TPSA) is 286 Å². The molecule has 4 aromatic carbocycles. The summed E-state index contributed by atoms with van der Waals surface area (Å²) in [7, 11) is -14.7. The van der Waals surface area contributed by atoms with Crippen LogP contribution < -0.4 is 16.8 Å². The molecule has 0 spiro atoms. The van der Waals surface area contributed by atoms with E-state index in [1.165, 1.54) is 36.4 Å². The molecule has 5 rings (SSSR count). The first kappa shape index (κ1) is 31.4. The van der Waals surface area contributed by atoms with Crippen molar-refractivity contribution in [1.82, 2.24) is 0 Å². The highest BCUT2D eigenvalue weighted by atomic mass is 32.2. The molecule has 4 aromatic rings. The summed E-state index contributed by atoms with van der Waals surface area (Å²) in [5.41, 5.74) is 8.25. The standard InChI is InChI=1S/C26H19N5O11S3/c27-12-4-9-16(19(10-12)44(37,38)39)31-30-14-7-5-13(6-8-14)29-17-11-20(45(40,41)42)24(28)23-22(17)26(33)21-15(25(23)32)2-1-3-18(21)43(34,35)36/h1-11,29H,27-28H2,(H,34,35,36)(H,37,38,39)(H,40,41,42). The first-order chi connectivity index (χ1) is 20.9. The first-order valence-corrected chi connectivity index (χ1v) is 16.5. The first-order valence-electron chi connectivity index (χ1n) is 12.2. The van der Waals surface area contributed by atoms with E-state index in [0.29, 0.717) is 0 Å². The van der Waals surface area contributed by atoms with Gasteiger partial charge >= 0.3 is 0 Å². The second-order valence-corrected chi connectivity index (χ2v) is 13.6. The molecule has 0 aromatic heterocycles. The zero-order chi connectivity index (χ0) is 33.1. The van der Waals surface area contributed by atoms with Crippen LogP contribution in [0.3, 0.4) is 0 Å². The molecule has 8 N–H and O–H groups in total. The average Bonchev–Trinajstić information content (AvgIpc) is 2.94. The Morgan fingerprint density at radius 2 is 1.24 bits per heavy atom. The molecule has 16 nitrogen and oxygen atoms in total. The highest BCUT2D eigenvalue weighted by Crippen LogP contribution is 2.41. The number of fused-ring (bicyclic) bond motifs is 2. The van der Waals surface area contributed by atoms with Crippen LogP contribution >= 0.6 is 0 Å². The van der Waals surface area contributed by atoms with Crippen LogP contribution in [0.2, 0.25) is 0 Å². The van der Waals surface area contributed by atoms with Gasteiger partial charge in [-0.1, -0.05) is 12.1 Å². The molecule has 0 amide bonds. The number of nitrogens with two attached hydrogens (primary N) is 2. The van der Waals surface area contributed by atoms with Gasteiger partial charge < -0.3 is 16.8 Å². The zero-order valence-corrected chi connectivity index (χ0v) is 24.7. The Balaban J connectivity index is 1.59. The highest BCUT2D eigenvalue weighted by molar-refractivity contribution is 7.86. The minimum atomic E-state index is -5.05. The summed E-state index contributed by atoms with van der Waals surface area (Å²) in [6.45, 7) is 0. The van der Waals surface area contributed by atoms with Crippen LogP contribution in [0.5, 0.6) is 0 Å². The number of nitrogens with zero attached hydrogens (tertiary/aromatic N) is 2. The van der Waals surface area contributed by atoms with Crippen molar-refractivity contribution < 1.29 is 48.5 Å². The van der Waals surface area contributed by atoms with Gasteiger partial charge in [0.1, 0.15) is 20.4 Å². The van der Waals surface area contributed by atoms with Crippen LogP contribution in [0.25, 0.3) is 0 Å². The van der Waals surface area contributed by atoms with Crippen LogP contribution in [-0.2, 0) is 30.4 Å². The van der Waals surface area contributed by atoms with Gasteiger partial charge in [-0.25, -0.2) is 0 Å². The van der Waals surface area contributed by atoms with Gasteiger partial charge in [0, 0.05) is 16.9 Å². The van der Waals surface area contributed by atoms with Gasteiger partial charge in [-0.3, -0.25) is 23.2 Å². The van der Waals surface area contributed by atoms with E-state index < -0.39 is 84.5 Å². The van der Waals surface area contributed by atoms with Gasteiger partial charge in [0.25, 0.3) is 30.4 Å². The molecule has 0 heterocycles. The molecule has 0 bridgehead atoms. The largest absolute Gasteiger partial charge is 0.399 e. The Morgan fingerprint density at radius 3 is 1.84 bits per heavy atom. The number of benzene rings is 4. The number of carbonyl (C=O) groups excluding carboxylic acids is 2. The third kappa shape index (κ3) is 5.90. The molecule has 232 valence electrons. The van der Waals surface area contributed by atoms with E-state index in [1.54, 1.807) is 0 Å². The molecule has 0 radical (unpaired) electrons. The van der Waals surface area contributed by atoms with E-state index in [0.717, 1.165) is 30.3 Å². The number of ketones is 2. The van der Waals surface area contributed by atoms with E-state index in [-0.39, 0.29) is 28.4 Å². The third-order valence-corrected chi connectivity index (χ3v) is 9.19. The van der Waals surface area contributed by atoms with Gasteiger partial charge in [-0.2, -0.15) is 30.4 Å². The zero-order valence-electron chi connectivity index (χ0n) is 22.2. The third-order valence-electron chi connectivity index (χ3n) is 6.52. The number of nitrogen functional groups attached to an aromatic ring is 2. The second-order valence-electron chi connectivity index (χ2n) is 9.45. The molecule has 0 atom stereocenters. The van der Waals surface area contributed by atoms with E-state index in [1.807, 2.05) is 0 Å². The summed E-state index contributed by atoms with van der Waals surface area (Å²) in [6.07, 6.45) is 0. The normalized spacial score (nSPS) is 13.5. The number of rotatable bonds is 7. The maximum atomic E-state index is 13.7. The molecule has 0 unspecified atom stereocenters. The molecule has 0 saturated heterocycles. The predicted molar refractivity (Wildman–Crippen MR) is 158 cm³/mol. The Morgan fingerprint density at radius 1 is 0.622 bits per heavy atom. The van der Waals surface area contributed by atoms with E-state index in [9.17, 15) is 48.5 Å². The predicted octanol–water partition coefficient (Wildman–Crippen LogP) is 3.53. The Labute approximate surface area is 254 Å². The molecule has 0 aliphatic heterocycles. The lowest BCUT2D eigenvalue weighted by molar-refractivity contribution is 0.0977. The lowest BCUT2D eigenvalue weighted by Crippen LogP contribution is -2.27. The second kappa shape index (κ2) is 10.8. The molecule has 19 heteroatoms. The van der Waals surface area contributed by atoms with Crippen LogP contribution in [0, 0.1) is 0 Å². The van der Waals surface area contributed by atoms with Crippen molar-refractivity contribution in [2.24, 2.45) is 10.2 Å². The molecule has 45 heavy (non-hydrogen) atoms. The quantitative estimate of drug-likeness (QED) is 0.0819. The summed E-state index contributed by atoms with van der Waals surface area (Å²) < 4.78 is 101. The van der Waals surface area contributed by atoms with Crippen LogP contribution in [-0.4, -0.2) is 50.5 Å². The van der Waals surface area contributed by atoms with Crippen molar-refractivity contribution in [2.75, 3.05) is 16.8 Å². The van der Waals surface area contributed by atoms with Gasteiger partial charge in [0.15, 0.2) is 11.6 Å². The monoisotopic (exact) mass is 673 g/mol. The van der Waals surface area contributed by atoms with Gasteiger partial charge in [-0.15, -0.1) is 5.11 Å². The molecule has 1 aliphatic carbocycles. The SMILES string of the molecule is Nc1ccc(N=Nc2ccc(Nc3cc(S(=O)(=O)O)c(N)c4c3C(=O)c3c(cccc3S(=O)(=O)O)C4=O)cc2)c(S(=O)(=O)O)c1. The maximum Gasteiger partial charge on any atom is 0.296 e. The summed E-state index contributed by atoms with van der Waals surface area (Å²) in [4.78, 5) is 24.8. The highest BCUT2D eigenvalue weighted by Gasteiger charge is 2.39. The smallest absolute Gasteiger partial charge is 0.296 e. The number of hydrogen-bond acceptors (Lipinski definition) is 13. The van der Waals surface area contributed by atoms with Crippen molar-refractivity contribution in [3.05, 3.63) is 89.0 Å². The van der Waals surface area contributed by atoms with Gasteiger partial charge in [0.05, 0.1) is 33.8 Å². The minimum absolute atomic E-state index is 0.0527. The number of nitrogens with one attached hydrogen (secondary N) is 1. The number of azo groups is 1. The Bertz CT molecular complexity index is 2320. The van der Waals surface area contributed by atoms with Gasteiger partial charge in [0.2, 0.25) is 0 Å². The molecular weight excluding hydrogens is 655 g/mol. The summed E-state index contributed by atoms with van der Waals surface area (Å²) in [5, 5.41) is 10.5. The maximum absolute atomic E-state index is 13.7. The molecule has 0 fully saturated rings. The van der Waals surface area contributed by atoms with Crippen LogP contribution in [0.4, 0.5) is 34.1 Å². The van der Waals surface area contributed by atoms with Crippen molar-refractivity contribution in [3.8, 4) is 0 Å². The lowest BCUT2D eigenvalue weighted by atomic mass is 9.82. The molecule has 1 aliphatic rings. The van der Waals surface area contributed by atoms with Crippen LogP contribution in [0.1, 0.15) is 31.8 Å². The fourth-order valence-corrected chi connectivity index (χ4v) is 6.60. The van der Waals surface area contributed by atoms with Crippen molar-refractivity contribution in [1.29, 1.82) is 0 Å².